The maximum atomic E-state index is 15.2. The summed E-state index contributed by atoms with van der Waals surface area (Å²) in [7, 11) is -0.821. The van der Waals surface area contributed by atoms with Gasteiger partial charge in [0.05, 0.1) is 34.9 Å². The van der Waals surface area contributed by atoms with Crippen LogP contribution in [0, 0.1) is 11.6 Å². The molecule has 35 heavy (non-hydrogen) atoms. The van der Waals surface area contributed by atoms with Gasteiger partial charge in [0.2, 0.25) is 0 Å². The Kier molecular flexibility index (Phi) is 5.73. The smallest absolute Gasteiger partial charge is 0.478 e. The maximum Gasteiger partial charge on any atom is 0.497 e. The Morgan fingerprint density at radius 3 is 2.43 bits per heavy atom. The second kappa shape index (κ2) is 8.39. The molecule has 1 N–H and O–H groups in total. The molecule has 10 heteroatoms. The monoisotopic (exact) mass is 484 g/mol. The van der Waals surface area contributed by atoms with E-state index < -0.39 is 41.5 Å². The van der Waals surface area contributed by atoms with E-state index in [4.69, 9.17) is 14.0 Å². The lowest BCUT2D eigenvalue weighted by atomic mass is 9.78. The van der Waals surface area contributed by atoms with Crippen LogP contribution in [0.15, 0.2) is 30.3 Å². The van der Waals surface area contributed by atoms with Crippen molar-refractivity contribution >= 4 is 29.6 Å². The summed E-state index contributed by atoms with van der Waals surface area (Å²) in [5, 5.41) is 9.35. The zero-order chi connectivity index (χ0) is 25.1. The van der Waals surface area contributed by atoms with Crippen LogP contribution in [-0.4, -0.2) is 51.7 Å². The van der Waals surface area contributed by atoms with Gasteiger partial charge in [-0.3, -0.25) is 0 Å². The van der Waals surface area contributed by atoms with Gasteiger partial charge in [-0.1, -0.05) is 12.1 Å². The zero-order valence-electron chi connectivity index (χ0n) is 20.1. The summed E-state index contributed by atoms with van der Waals surface area (Å²) in [6.45, 7) is 8.59. The minimum absolute atomic E-state index is 0.110. The van der Waals surface area contributed by atoms with E-state index in [1.54, 1.807) is 16.7 Å². The van der Waals surface area contributed by atoms with Crippen LogP contribution in [0.25, 0.3) is 11.0 Å². The number of rotatable bonds is 6. The average molecular weight is 484 g/mol. The Morgan fingerprint density at radius 1 is 1.17 bits per heavy atom. The van der Waals surface area contributed by atoms with Crippen LogP contribution in [0.4, 0.5) is 8.78 Å². The molecule has 5 rings (SSSR count). The summed E-state index contributed by atoms with van der Waals surface area (Å²) in [4.78, 5) is 16.0. The summed E-state index contributed by atoms with van der Waals surface area (Å²) >= 11 is 0. The molecule has 2 aliphatic rings. The van der Waals surface area contributed by atoms with Crippen LogP contribution in [-0.2, 0) is 27.0 Å². The number of carboxylic acid groups (broad SMARTS) is 1. The molecular weight excluding hydrogens is 457 g/mol. The third-order valence-electron chi connectivity index (χ3n) is 7.27. The standard InChI is InChI=1S/C25H27BF2N2O5/c1-24(2)25(3,4)35-26(34-24)17-7-5-14(11-18(17)27)12-20-29-19-8-6-16(23(31)32)21(28)22(19)30(20)13-15-9-10-33-15/h5-8,11,15H,9-10,12-13H2,1-4H3,(H,31,32). The number of hydrogen-bond donors (Lipinski definition) is 1. The molecule has 1 unspecified atom stereocenters. The van der Waals surface area contributed by atoms with Crippen molar-refractivity contribution in [1.29, 1.82) is 0 Å². The predicted octanol–water partition coefficient (Wildman–Crippen LogP) is 3.69. The van der Waals surface area contributed by atoms with E-state index in [2.05, 4.69) is 4.98 Å². The maximum absolute atomic E-state index is 15.2. The number of aromatic nitrogens is 2. The van der Waals surface area contributed by atoms with E-state index in [1.165, 1.54) is 18.2 Å². The number of carboxylic acids is 1. The fraction of sp³-hybridized carbons (Fsp3) is 0.440. The van der Waals surface area contributed by atoms with E-state index in [9.17, 15) is 9.90 Å². The molecule has 0 radical (unpaired) electrons. The molecular formula is C25H27BF2N2O5. The molecule has 0 amide bonds. The van der Waals surface area contributed by atoms with Crippen LogP contribution in [0.3, 0.4) is 0 Å². The Morgan fingerprint density at radius 2 is 1.86 bits per heavy atom. The summed E-state index contributed by atoms with van der Waals surface area (Å²) in [5.41, 5.74) is -0.196. The summed E-state index contributed by atoms with van der Waals surface area (Å²) < 4.78 is 49.4. The first-order valence-corrected chi connectivity index (χ1v) is 11.6. The fourth-order valence-electron chi connectivity index (χ4n) is 4.38. The van der Waals surface area contributed by atoms with Crippen molar-refractivity contribution < 1.29 is 32.7 Å². The summed E-state index contributed by atoms with van der Waals surface area (Å²) in [6, 6.07) is 7.51. The molecule has 2 saturated heterocycles. The van der Waals surface area contributed by atoms with Crippen molar-refractivity contribution in [2.45, 2.75) is 64.4 Å². The van der Waals surface area contributed by atoms with E-state index >= 15 is 8.78 Å². The first-order valence-electron chi connectivity index (χ1n) is 11.6. The molecule has 1 aromatic heterocycles. The Bertz CT molecular complexity index is 1300. The molecule has 7 nitrogen and oxygen atoms in total. The van der Waals surface area contributed by atoms with Crippen molar-refractivity contribution in [1.82, 2.24) is 9.55 Å². The minimum atomic E-state index is -1.35. The van der Waals surface area contributed by atoms with Gasteiger partial charge in [-0.05, 0) is 57.9 Å². The molecule has 0 spiro atoms. The zero-order valence-corrected chi connectivity index (χ0v) is 20.1. The van der Waals surface area contributed by atoms with Crippen LogP contribution < -0.4 is 5.46 Å². The number of hydrogen-bond acceptors (Lipinski definition) is 5. The molecule has 0 bridgehead atoms. The van der Waals surface area contributed by atoms with E-state index in [0.717, 1.165) is 6.42 Å². The first kappa shape index (κ1) is 23.9. The lowest BCUT2D eigenvalue weighted by Gasteiger charge is -2.32. The number of aromatic carboxylic acids is 1. The Labute approximate surface area is 202 Å². The summed E-state index contributed by atoms with van der Waals surface area (Å²) in [5.74, 6) is -2.15. The first-order chi connectivity index (χ1) is 16.5. The Hall–Kier alpha value is -2.82. The third kappa shape index (κ3) is 4.13. The number of carbonyl (C=O) groups is 1. The van der Waals surface area contributed by atoms with Gasteiger partial charge >= 0.3 is 13.1 Å². The SMILES string of the molecule is CC1(C)OB(c2ccc(Cc3nc4ccc(C(=O)O)c(F)c4n3CC3CCO3)cc2F)OC1(C)C. The fourth-order valence-corrected chi connectivity index (χ4v) is 4.38. The van der Waals surface area contributed by atoms with Gasteiger partial charge in [-0.25, -0.2) is 18.6 Å². The average Bonchev–Trinajstić information content (AvgIpc) is 3.17. The number of ether oxygens (including phenoxy) is 1. The molecule has 2 aliphatic heterocycles. The largest absolute Gasteiger partial charge is 0.497 e. The molecule has 3 aromatic rings. The van der Waals surface area contributed by atoms with Crippen molar-refractivity contribution in [3.63, 3.8) is 0 Å². The van der Waals surface area contributed by atoms with Gasteiger partial charge in [0.15, 0.2) is 5.82 Å². The minimum Gasteiger partial charge on any atom is -0.478 e. The van der Waals surface area contributed by atoms with E-state index in [0.29, 0.717) is 35.5 Å². The second-order valence-electron chi connectivity index (χ2n) is 10.1. The van der Waals surface area contributed by atoms with Crippen molar-refractivity contribution in [3.05, 3.63) is 58.9 Å². The van der Waals surface area contributed by atoms with Crippen LogP contribution in [0.5, 0.6) is 0 Å². The third-order valence-corrected chi connectivity index (χ3v) is 7.27. The highest BCUT2D eigenvalue weighted by atomic mass is 19.1. The van der Waals surface area contributed by atoms with Gasteiger partial charge in [0.25, 0.3) is 0 Å². The number of imidazole rings is 1. The second-order valence-corrected chi connectivity index (χ2v) is 10.1. The number of fused-ring (bicyclic) bond motifs is 1. The highest BCUT2D eigenvalue weighted by molar-refractivity contribution is 6.62. The lowest BCUT2D eigenvalue weighted by Crippen LogP contribution is -2.41. The lowest BCUT2D eigenvalue weighted by molar-refractivity contribution is -0.0590. The molecule has 3 heterocycles. The molecule has 2 aromatic carbocycles. The van der Waals surface area contributed by atoms with Gasteiger partial charge in [-0.2, -0.15) is 0 Å². The normalized spacial score (nSPS) is 20.9. The number of nitrogens with zero attached hydrogens (tertiary/aromatic N) is 2. The molecule has 0 aliphatic carbocycles. The number of halogens is 2. The topological polar surface area (TPSA) is 82.8 Å². The van der Waals surface area contributed by atoms with Gasteiger partial charge in [0, 0.05) is 18.5 Å². The molecule has 2 fully saturated rings. The van der Waals surface area contributed by atoms with Gasteiger partial charge in [-0.15, -0.1) is 0 Å². The van der Waals surface area contributed by atoms with Crippen LogP contribution >= 0.6 is 0 Å². The summed E-state index contributed by atoms with van der Waals surface area (Å²) in [6.07, 6.45) is 0.933. The van der Waals surface area contributed by atoms with Crippen molar-refractivity contribution in [2.24, 2.45) is 0 Å². The van der Waals surface area contributed by atoms with Crippen molar-refractivity contribution in [3.8, 4) is 0 Å². The van der Waals surface area contributed by atoms with Gasteiger partial charge in [0.1, 0.15) is 17.2 Å². The van der Waals surface area contributed by atoms with Crippen molar-refractivity contribution in [2.75, 3.05) is 6.61 Å². The Balaban J connectivity index is 1.48. The highest BCUT2D eigenvalue weighted by Crippen LogP contribution is 2.36. The van der Waals surface area contributed by atoms with Gasteiger partial charge < -0.3 is 23.7 Å². The predicted molar refractivity (Wildman–Crippen MR) is 126 cm³/mol. The number of benzene rings is 2. The highest BCUT2D eigenvalue weighted by Gasteiger charge is 2.52. The van der Waals surface area contributed by atoms with Crippen LogP contribution in [0.2, 0.25) is 0 Å². The molecule has 184 valence electrons. The van der Waals surface area contributed by atoms with Crippen LogP contribution in [0.1, 0.15) is 55.9 Å². The molecule has 1 atom stereocenters. The quantitative estimate of drug-likeness (QED) is 0.538. The molecule has 0 saturated carbocycles. The van der Waals surface area contributed by atoms with E-state index in [-0.39, 0.29) is 18.0 Å². The van der Waals surface area contributed by atoms with E-state index in [1.807, 2.05) is 27.7 Å².